The molecule has 0 heterocycles. The van der Waals surface area contributed by atoms with E-state index in [-0.39, 0.29) is 11.2 Å². The molecule has 6 heteroatoms. The fourth-order valence-electron chi connectivity index (χ4n) is 1.10. The van der Waals surface area contributed by atoms with E-state index >= 15 is 0 Å². The summed E-state index contributed by atoms with van der Waals surface area (Å²) in [7, 11) is -0.551. The Hall–Kier alpha value is -1.14. The SMILES string of the molecule is COc1ccc(B(O)O)c(C(F)F)c1. The molecular weight excluding hydrogens is 193 g/mol. The average molecular weight is 202 g/mol. The molecule has 0 atom stereocenters. The van der Waals surface area contributed by atoms with Gasteiger partial charge in [-0.25, -0.2) is 8.78 Å². The van der Waals surface area contributed by atoms with Gasteiger partial charge in [-0.05, 0) is 17.6 Å². The first-order valence-electron chi connectivity index (χ1n) is 3.88. The fourth-order valence-corrected chi connectivity index (χ4v) is 1.10. The first-order chi connectivity index (χ1) is 6.56. The molecule has 0 aliphatic carbocycles. The van der Waals surface area contributed by atoms with Gasteiger partial charge in [-0.1, -0.05) is 6.07 Å². The van der Waals surface area contributed by atoms with Crippen LogP contribution in [-0.2, 0) is 0 Å². The number of benzene rings is 1. The van der Waals surface area contributed by atoms with Crippen LogP contribution in [0, 0.1) is 0 Å². The van der Waals surface area contributed by atoms with Crippen LogP contribution in [0.1, 0.15) is 12.0 Å². The van der Waals surface area contributed by atoms with Crippen molar-refractivity contribution in [1.29, 1.82) is 0 Å². The second kappa shape index (κ2) is 4.39. The lowest BCUT2D eigenvalue weighted by Gasteiger charge is -2.09. The van der Waals surface area contributed by atoms with Crippen LogP contribution in [0.2, 0.25) is 0 Å². The zero-order chi connectivity index (χ0) is 10.7. The number of ether oxygens (including phenoxy) is 1. The molecule has 0 bridgehead atoms. The van der Waals surface area contributed by atoms with Crippen molar-refractivity contribution < 1.29 is 23.6 Å². The summed E-state index contributed by atoms with van der Waals surface area (Å²) in [5.41, 5.74) is -0.639. The monoisotopic (exact) mass is 202 g/mol. The standard InChI is InChI=1S/C8H9BF2O3/c1-14-5-2-3-7(9(12)13)6(4-5)8(10)11/h2-4,8,12-13H,1H3. The van der Waals surface area contributed by atoms with Gasteiger partial charge in [0.25, 0.3) is 6.43 Å². The van der Waals surface area contributed by atoms with Crippen LogP contribution in [0.15, 0.2) is 18.2 Å². The first kappa shape index (κ1) is 10.9. The topological polar surface area (TPSA) is 49.7 Å². The third-order valence-electron chi connectivity index (χ3n) is 1.81. The van der Waals surface area contributed by atoms with Gasteiger partial charge in [0.1, 0.15) is 5.75 Å². The van der Waals surface area contributed by atoms with Crippen LogP contribution in [0.4, 0.5) is 8.78 Å². The van der Waals surface area contributed by atoms with Crippen LogP contribution in [-0.4, -0.2) is 24.3 Å². The fraction of sp³-hybridized carbons (Fsp3) is 0.250. The van der Waals surface area contributed by atoms with Gasteiger partial charge in [-0.2, -0.15) is 0 Å². The first-order valence-corrected chi connectivity index (χ1v) is 3.88. The van der Waals surface area contributed by atoms with E-state index in [9.17, 15) is 8.78 Å². The van der Waals surface area contributed by atoms with Crippen LogP contribution in [0.3, 0.4) is 0 Å². The summed E-state index contributed by atoms with van der Waals surface area (Å²) in [6.45, 7) is 0. The summed E-state index contributed by atoms with van der Waals surface area (Å²) >= 11 is 0. The van der Waals surface area contributed by atoms with Gasteiger partial charge in [-0.15, -0.1) is 0 Å². The highest BCUT2D eigenvalue weighted by molar-refractivity contribution is 6.59. The molecule has 0 fully saturated rings. The van der Waals surface area contributed by atoms with Crippen molar-refractivity contribution in [3.05, 3.63) is 23.8 Å². The van der Waals surface area contributed by atoms with Crippen molar-refractivity contribution in [2.45, 2.75) is 6.43 Å². The Morgan fingerprint density at radius 2 is 2.00 bits per heavy atom. The van der Waals surface area contributed by atoms with Gasteiger partial charge in [0.2, 0.25) is 0 Å². The molecule has 0 unspecified atom stereocenters. The lowest BCUT2D eigenvalue weighted by Crippen LogP contribution is -2.33. The Morgan fingerprint density at radius 1 is 1.36 bits per heavy atom. The van der Waals surface area contributed by atoms with E-state index in [0.29, 0.717) is 0 Å². The maximum absolute atomic E-state index is 12.4. The quantitative estimate of drug-likeness (QED) is 0.693. The number of halogens is 2. The highest BCUT2D eigenvalue weighted by atomic mass is 19.3. The number of hydrogen-bond donors (Lipinski definition) is 2. The van der Waals surface area contributed by atoms with Crippen molar-refractivity contribution in [1.82, 2.24) is 0 Å². The maximum atomic E-state index is 12.4. The molecule has 3 nitrogen and oxygen atoms in total. The molecule has 0 radical (unpaired) electrons. The number of rotatable bonds is 3. The third kappa shape index (κ3) is 2.21. The minimum Gasteiger partial charge on any atom is -0.497 e. The molecule has 0 saturated heterocycles. The summed E-state index contributed by atoms with van der Waals surface area (Å²) in [5.74, 6) is 0.254. The molecule has 0 aromatic heterocycles. The molecule has 76 valence electrons. The van der Waals surface area contributed by atoms with E-state index in [1.807, 2.05) is 0 Å². The number of methoxy groups -OCH3 is 1. The van der Waals surface area contributed by atoms with E-state index < -0.39 is 19.1 Å². The second-order valence-electron chi connectivity index (χ2n) is 2.67. The molecule has 1 rings (SSSR count). The minimum absolute atomic E-state index is 0.208. The van der Waals surface area contributed by atoms with Crippen molar-refractivity contribution in [2.24, 2.45) is 0 Å². The van der Waals surface area contributed by atoms with Crippen molar-refractivity contribution in [2.75, 3.05) is 7.11 Å². The maximum Gasteiger partial charge on any atom is 0.488 e. The molecule has 2 N–H and O–H groups in total. The molecule has 0 saturated carbocycles. The molecule has 1 aromatic rings. The van der Waals surface area contributed by atoms with Gasteiger partial charge in [0.05, 0.1) is 7.11 Å². The third-order valence-corrected chi connectivity index (χ3v) is 1.81. The Morgan fingerprint density at radius 3 is 2.43 bits per heavy atom. The predicted octanol–water partition coefficient (Wildman–Crippen LogP) is 0.313. The van der Waals surface area contributed by atoms with E-state index in [1.165, 1.54) is 19.2 Å². The molecule has 0 aliphatic heterocycles. The second-order valence-corrected chi connectivity index (χ2v) is 2.67. The van der Waals surface area contributed by atoms with E-state index in [4.69, 9.17) is 14.8 Å². The highest BCUT2D eigenvalue weighted by Gasteiger charge is 2.21. The van der Waals surface area contributed by atoms with E-state index in [0.717, 1.165) is 6.07 Å². The Balaban J connectivity index is 3.17. The Kier molecular flexibility index (Phi) is 3.43. The van der Waals surface area contributed by atoms with Crippen molar-refractivity contribution >= 4 is 12.6 Å². The summed E-state index contributed by atoms with van der Waals surface area (Å²) in [6, 6.07) is 3.67. The van der Waals surface area contributed by atoms with Crippen molar-refractivity contribution in [3.8, 4) is 5.75 Å². The molecule has 0 aliphatic rings. The zero-order valence-corrected chi connectivity index (χ0v) is 7.45. The Bertz CT molecular complexity index is 317. The van der Waals surface area contributed by atoms with Crippen molar-refractivity contribution in [3.63, 3.8) is 0 Å². The van der Waals surface area contributed by atoms with Crippen LogP contribution in [0.25, 0.3) is 0 Å². The summed E-state index contributed by atoms with van der Waals surface area (Å²) in [6.07, 6.45) is -2.76. The van der Waals surface area contributed by atoms with Gasteiger partial charge in [-0.3, -0.25) is 0 Å². The van der Waals surface area contributed by atoms with Gasteiger partial charge >= 0.3 is 7.12 Å². The molecular formula is C8H9BF2O3. The van der Waals surface area contributed by atoms with E-state index in [2.05, 4.69) is 0 Å². The van der Waals surface area contributed by atoms with Gasteiger partial charge in [0, 0.05) is 5.56 Å². The summed E-state index contributed by atoms with van der Waals surface area (Å²) in [4.78, 5) is 0. The number of alkyl halides is 2. The lowest BCUT2D eigenvalue weighted by molar-refractivity contribution is 0.151. The zero-order valence-electron chi connectivity index (χ0n) is 7.45. The smallest absolute Gasteiger partial charge is 0.488 e. The molecule has 0 amide bonds. The van der Waals surface area contributed by atoms with Crippen LogP contribution >= 0.6 is 0 Å². The Labute approximate surface area is 80.1 Å². The van der Waals surface area contributed by atoms with Gasteiger partial charge in [0.15, 0.2) is 0 Å². The van der Waals surface area contributed by atoms with Crippen LogP contribution < -0.4 is 10.2 Å². The summed E-state index contributed by atoms with van der Waals surface area (Å²) in [5, 5.41) is 17.6. The molecule has 0 spiro atoms. The normalized spacial score (nSPS) is 10.4. The number of hydrogen-bond acceptors (Lipinski definition) is 3. The summed E-state index contributed by atoms with van der Waals surface area (Å²) < 4.78 is 29.6. The average Bonchev–Trinajstić information content (AvgIpc) is 2.16. The lowest BCUT2D eigenvalue weighted by atomic mass is 9.77. The van der Waals surface area contributed by atoms with E-state index in [1.54, 1.807) is 0 Å². The predicted molar refractivity (Wildman–Crippen MR) is 47.8 cm³/mol. The minimum atomic E-state index is -2.76. The molecule has 1 aromatic carbocycles. The highest BCUT2D eigenvalue weighted by Crippen LogP contribution is 2.21. The van der Waals surface area contributed by atoms with Gasteiger partial charge < -0.3 is 14.8 Å². The molecule has 14 heavy (non-hydrogen) atoms. The largest absolute Gasteiger partial charge is 0.497 e. The van der Waals surface area contributed by atoms with Crippen LogP contribution in [0.5, 0.6) is 5.75 Å².